The van der Waals surface area contributed by atoms with Crippen LogP contribution in [0.3, 0.4) is 0 Å². The zero-order chi connectivity index (χ0) is 15.4. The fourth-order valence-corrected chi connectivity index (χ4v) is 3.93. The van der Waals surface area contributed by atoms with E-state index in [0.29, 0.717) is 18.5 Å². The van der Waals surface area contributed by atoms with Crippen LogP contribution in [-0.4, -0.2) is 61.0 Å². The van der Waals surface area contributed by atoms with E-state index < -0.39 is 0 Å². The molecular formula is C18H33N3O. The van der Waals surface area contributed by atoms with Crippen LogP contribution in [-0.2, 0) is 4.79 Å². The summed E-state index contributed by atoms with van der Waals surface area (Å²) in [6.45, 7) is 8.63. The maximum absolute atomic E-state index is 12.2. The number of hydrogen-bond acceptors (Lipinski definition) is 3. The van der Waals surface area contributed by atoms with Crippen molar-refractivity contribution < 1.29 is 4.79 Å². The van der Waals surface area contributed by atoms with E-state index in [-0.39, 0.29) is 5.91 Å². The summed E-state index contributed by atoms with van der Waals surface area (Å²) in [5.74, 6) is 1.93. The summed E-state index contributed by atoms with van der Waals surface area (Å²) in [7, 11) is 0. The van der Waals surface area contributed by atoms with Gasteiger partial charge in [-0.25, -0.2) is 0 Å². The molecule has 1 atom stereocenters. The molecule has 1 unspecified atom stereocenters. The van der Waals surface area contributed by atoms with Gasteiger partial charge in [0.15, 0.2) is 0 Å². The molecular weight excluding hydrogens is 274 g/mol. The van der Waals surface area contributed by atoms with Crippen molar-refractivity contribution in [3.8, 4) is 0 Å². The van der Waals surface area contributed by atoms with Crippen LogP contribution >= 0.6 is 0 Å². The molecule has 0 aromatic carbocycles. The van der Waals surface area contributed by atoms with Crippen LogP contribution in [0.5, 0.6) is 0 Å². The number of carbonyl (C=O) groups is 1. The van der Waals surface area contributed by atoms with Gasteiger partial charge in [0.2, 0.25) is 5.91 Å². The Balaban J connectivity index is 1.29. The first-order valence-electron chi connectivity index (χ1n) is 9.44. The van der Waals surface area contributed by atoms with Crippen molar-refractivity contribution in [2.75, 3.05) is 39.3 Å². The third-order valence-electron chi connectivity index (χ3n) is 5.80. The Labute approximate surface area is 135 Å². The number of rotatable bonds is 6. The van der Waals surface area contributed by atoms with Crippen LogP contribution in [0.2, 0.25) is 0 Å². The molecule has 3 fully saturated rings. The highest BCUT2D eigenvalue weighted by molar-refractivity contribution is 5.78. The summed E-state index contributed by atoms with van der Waals surface area (Å²) in [4.78, 5) is 17.1. The second-order valence-corrected chi connectivity index (χ2v) is 7.81. The van der Waals surface area contributed by atoms with Crippen molar-refractivity contribution >= 4 is 5.91 Å². The van der Waals surface area contributed by atoms with E-state index >= 15 is 0 Å². The number of amides is 1. The first kappa shape index (κ1) is 16.3. The van der Waals surface area contributed by atoms with Crippen LogP contribution in [0.4, 0.5) is 0 Å². The van der Waals surface area contributed by atoms with Crippen molar-refractivity contribution in [1.29, 1.82) is 0 Å². The Hall–Kier alpha value is -0.610. The van der Waals surface area contributed by atoms with Gasteiger partial charge < -0.3 is 10.2 Å². The monoisotopic (exact) mass is 307 g/mol. The van der Waals surface area contributed by atoms with Crippen molar-refractivity contribution in [1.82, 2.24) is 15.1 Å². The highest BCUT2D eigenvalue weighted by Gasteiger charge is 2.27. The molecule has 0 bridgehead atoms. The number of nitrogens with zero attached hydrogens (tertiary/aromatic N) is 2. The number of likely N-dealkylation sites (tertiary alicyclic amines) is 2. The molecule has 1 aliphatic carbocycles. The quantitative estimate of drug-likeness (QED) is 0.816. The van der Waals surface area contributed by atoms with Crippen molar-refractivity contribution in [2.45, 2.75) is 57.9 Å². The largest absolute Gasteiger partial charge is 0.355 e. The molecule has 3 aliphatic rings. The maximum Gasteiger partial charge on any atom is 0.234 e. The average Bonchev–Trinajstić information content (AvgIpc) is 3.33. The third kappa shape index (κ3) is 4.95. The summed E-state index contributed by atoms with van der Waals surface area (Å²) in [5, 5.41) is 3.19. The Morgan fingerprint density at radius 3 is 2.45 bits per heavy atom. The Morgan fingerprint density at radius 1 is 1.00 bits per heavy atom. The van der Waals surface area contributed by atoms with Gasteiger partial charge in [-0.05, 0) is 76.9 Å². The smallest absolute Gasteiger partial charge is 0.234 e. The maximum atomic E-state index is 12.2. The van der Waals surface area contributed by atoms with Gasteiger partial charge in [-0.3, -0.25) is 9.69 Å². The van der Waals surface area contributed by atoms with Crippen molar-refractivity contribution in [3.63, 3.8) is 0 Å². The van der Waals surface area contributed by atoms with E-state index in [1.54, 1.807) is 0 Å². The predicted molar refractivity (Wildman–Crippen MR) is 89.8 cm³/mol. The van der Waals surface area contributed by atoms with Gasteiger partial charge in [-0.2, -0.15) is 0 Å². The fraction of sp³-hybridized carbons (Fsp3) is 0.944. The predicted octanol–water partition coefficient (Wildman–Crippen LogP) is 2.10. The summed E-state index contributed by atoms with van der Waals surface area (Å²) in [5.41, 5.74) is 0. The summed E-state index contributed by atoms with van der Waals surface area (Å²) < 4.78 is 0. The van der Waals surface area contributed by atoms with Gasteiger partial charge in [0.25, 0.3) is 0 Å². The molecule has 4 nitrogen and oxygen atoms in total. The molecule has 2 aliphatic heterocycles. The molecule has 0 aromatic heterocycles. The molecule has 0 radical (unpaired) electrons. The van der Waals surface area contributed by atoms with E-state index in [2.05, 4.69) is 22.0 Å². The van der Waals surface area contributed by atoms with Gasteiger partial charge in [-0.1, -0.05) is 6.42 Å². The number of nitrogens with one attached hydrogen (secondary N) is 1. The minimum Gasteiger partial charge on any atom is -0.355 e. The van der Waals surface area contributed by atoms with Gasteiger partial charge in [0, 0.05) is 19.1 Å². The van der Waals surface area contributed by atoms with Gasteiger partial charge in [0.05, 0.1) is 6.54 Å². The van der Waals surface area contributed by atoms with E-state index in [1.165, 1.54) is 64.6 Å². The second-order valence-electron chi connectivity index (χ2n) is 7.81. The van der Waals surface area contributed by atoms with Gasteiger partial charge in [0.1, 0.15) is 0 Å². The molecule has 0 spiro atoms. The lowest BCUT2D eigenvalue weighted by Gasteiger charge is -2.34. The zero-order valence-electron chi connectivity index (χ0n) is 14.2. The number of carbonyl (C=O) groups excluding carboxylic acids is 1. The number of hydrogen-bond donors (Lipinski definition) is 1. The van der Waals surface area contributed by atoms with Crippen molar-refractivity contribution in [2.24, 2.45) is 11.8 Å². The fourth-order valence-electron chi connectivity index (χ4n) is 3.93. The van der Waals surface area contributed by atoms with Gasteiger partial charge in [-0.15, -0.1) is 0 Å². The zero-order valence-corrected chi connectivity index (χ0v) is 14.2. The SMILES string of the molecule is CC1CCCCN1CC(=O)NCC1CCN(CC2CC2)CC1. The number of piperidine rings is 2. The van der Waals surface area contributed by atoms with Crippen LogP contribution < -0.4 is 5.32 Å². The van der Waals surface area contributed by atoms with Crippen LogP contribution in [0.15, 0.2) is 0 Å². The summed E-state index contributed by atoms with van der Waals surface area (Å²) >= 11 is 0. The minimum absolute atomic E-state index is 0.231. The lowest BCUT2D eigenvalue weighted by atomic mass is 9.96. The van der Waals surface area contributed by atoms with E-state index in [9.17, 15) is 4.79 Å². The lowest BCUT2D eigenvalue weighted by molar-refractivity contribution is -0.123. The first-order chi connectivity index (χ1) is 10.7. The summed E-state index contributed by atoms with van der Waals surface area (Å²) in [6, 6.07) is 0.574. The van der Waals surface area contributed by atoms with Gasteiger partial charge >= 0.3 is 0 Å². The molecule has 1 N–H and O–H groups in total. The lowest BCUT2D eigenvalue weighted by Crippen LogP contribution is -2.46. The topological polar surface area (TPSA) is 35.6 Å². The molecule has 1 saturated carbocycles. The molecule has 0 aromatic rings. The molecule has 3 rings (SSSR count). The molecule has 1 amide bonds. The Bertz CT molecular complexity index is 361. The van der Waals surface area contributed by atoms with E-state index in [0.717, 1.165) is 19.0 Å². The van der Waals surface area contributed by atoms with Crippen LogP contribution in [0, 0.1) is 11.8 Å². The van der Waals surface area contributed by atoms with E-state index in [4.69, 9.17) is 0 Å². The highest BCUT2D eigenvalue weighted by atomic mass is 16.2. The second kappa shape index (κ2) is 7.78. The molecule has 2 saturated heterocycles. The summed E-state index contributed by atoms with van der Waals surface area (Å²) in [6.07, 6.45) is 9.22. The first-order valence-corrected chi connectivity index (χ1v) is 9.44. The standard InChI is InChI=1S/C18H33N3O/c1-15-4-2-3-9-21(15)14-18(22)19-12-16-7-10-20(11-8-16)13-17-5-6-17/h15-17H,2-14H2,1H3,(H,19,22). The Kier molecular flexibility index (Phi) is 5.75. The van der Waals surface area contributed by atoms with Crippen LogP contribution in [0.1, 0.15) is 51.9 Å². The third-order valence-corrected chi connectivity index (χ3v) is 5.80. The van der Waals surface area contributed by atoms with Crippen molar-refractivity contribution in [3.05, 3.63) is 0 Å². The molecule has 22 heavy (non-hydrogen) atoms. The minimum atomic E-state index is 0.231. The molecule has 4 heteroatoms. The average molecular weight is 307 g/mol. The van der Waals surface area contributed by atoms with E-state index in [1.807, 2.05) is 0 Å². The normalized spacial score (nSPS) is 28.7. The highest BCUT2D eigenvalue weighted by Crippen LogP contribution is 2.31. The molecule has 2 heterocycles. The Morgan fingerprint density at radius 2 is 1.77 bits per heavy atom. The molecule has 126 valence electrons. The van der Waals surface area contributed by atoms with Crippen LogP contribution in [0.25, 0.3) is 0 Å².